The number of amides is 1. The first-order chi connectivity index (χ1) is 10.3. The number of carbonyl (C=O) groups excluding carboxylic acids is 2. The molecule has 11 heteroatoms. The topological polar surface area (TPSA) is 151 Å². The van der Waals surface area contributed by atoms with Crippen LogP contribution in [0, 0.1) is 20.2 Å². The molecule has 0 heterocycles. The molecule has 0 atom stereocenters. The predicted octanol–water partition coefficient (Wildman–Crippen LogP) is 0.458. The van der Waals surface area contributed by atoms with Gasteiger partial charge in [0.15, 0.2) is 0 Å². The number of ether oxygens (including phenoxy) is 1. The van der Waals surface area contributed by atoms with Crippen molar-refractivity contribution in [1.82, 2.24) is 5.32 Å². The summed E-state index contributed by atoms with van der Waals surface area (Å²) in [7, 11) is 0. The second-order valence-electron chi connectivity index (χ2n) is 3.82. The number of carbonyl (C=O) groups is 2. The average molecular weight is 313 g/mol. The summed E-state index contributed by atoms with van der Waals surface area (Å²) in [6.45, 7) is 0.432. The maximum absolute atomic E-state index is 11.9. The molecule has 0 aromatic heterocycles. The fourth-order valence-corrected chi connectivity index (χ4v) is 1.48. The molecule has 0 fully saturated rings. The quantitative estimate of drug-likeness (QED) is 0.250. The van der Waals surface area contributed by atoms with Crippen molar-refractivity contribution in [2.45, 2.75) is 6.92 Å². The van der Waals surface area contributed by atoms with E-state index >= 15 is 0 Å². The molecule has 0 aliphatic heterocycles. The highest BCUT2D eigenvalue weighted by molar-refractivity contribution is 5.99. The van der Waals surface area contributed by atoms with E-state index in [9.17, 15) is 29.8 Å². The van der Waals surface area contributed by atoms with Crippen LogP contribution in [0.1, 0.15) is 17.3 Å². The Labute approximate surface area is 123 Å². The van der Waals surface area contributed by atoms with E-state index < -0.39 is 39.9 Å². The fourth-order valence-electron chi connectivity index (χ4n) is 1.48. The van der Waals surface area contributed by atoms with Gasteiger partial charge in [0.05, 0.1) is 10.5 Å². The van der Waals surface area contributed by atoms with Gasteiger partial charge in [-0.1, -0.05) is 6.07 Å². The van der Waals surface area contributed by atoms with Crippen LogP contribution in [-0.2, 0) is 9.63 Å². The summed E-state index contributed by atoms with van der Waals surface area (Å²) in [5.41, 5.74) is -0.796. The van der Waals surface area contributed by atoms with Crippen LogP contribution < -0.4 is 10.1 Å². The van der Waals surface area contributed by atoms with Crippen LogP contribution in [0.5, 0.6) is 5.75 Å². The van der Waals surface area contributed by atoms with Crippen molar-refractivity contribution >= 4 is 17.6 Å². The lowest BCUT2D eigenvalue weighted by atomic mass is 10.1. The van der Waals surface area contributed by atoms with Crippen molar-refractivity contribution in [2.24, 2.45) is 0 Å². The van der Waals surface area contributed by atoms with Crippen LogP contribution in [0.4, 0.5) is 5.69 Å². The van der Waals surface area contributed by atoms with Crippen LogP contribution in [0.2, 0.25) is 0 Å². The molecule has 1 aromatic carbocycles. The Bertz CT molecular complexity index is 615. The van der Waals surface area contributed by atoms with Crippen molar-refractivity contribution in [3.63, 3.8) is 0 Å². The number of nitrogens with one attached hydrogen (secondary N) is 1. The Morgan fingerprint density at radius 2 is 1.95 bits per heavy atom. The minimum atomic E-state index is -1.02. The van der Waals surface area contributed by atoms with Crippen molar-refractivity contribution in [3.8, 4) is 5.75 Å². The number of benzene rings is 1. The van der Waals surface area contributed by atoms with Gasteiger partial charge < -0.3 is 14.9 Å². The predicted molar refractivity (Wildman–Crippen MR) is 69.7 cm³/mol. The molecule has 0 bridgehead atoms. The molecule has 0 unspecified atom stereocenters. The lowest BCUT2D eigenvalue weighted by Gasteiger charge is -2.09. The molecule has 1 amide bonds. The van der Waals surface area contributed by atoms with E-state index in [1.165, 1.54) is 12.1 Å². The molecule has 11 nitrogen and oxygen atoms in total. The molecular formula is C11H11N3O8. The maximum Gasteiger partial charge on any atom is 0.312 e. The number of nitrogens with zero attached hydrogens (tertiary/aromatic N) is 2. The summed E-state index contributed by atoms with van der Waals surface area (Å²) in [6.07, 6.45) is 0. The zero-order chi connectivity index (χ0) is 16.7. The maximum atomic E-state index is 11.9. The third kappa shape index (κ3) is 4.70. The third-order valence-electron chi connectivity index (χ3n) is 2.27. The van der Waals surface area contributed by atoms with Gasteiger partial charge in [-0.15, -0.1) is 10.1 Å². The average Bonchev–Trinajstić information content (AvgIpc) is 2.42. The molecule has 0 saturated heterocycles. The largest absolute Gasteiger partial charge is 0.418 e. The number of rotatable bonds is 7. The zero-order valence-electron chi connectivity index (χ0n) is 11.3. The number of nitro groups is 1. The van der Waals surface area contributed by atoms with E-state index in [0.717, 1.165) is 13.0 Å². The molecule has 1 rings (SSSR count). The first-order valence-corrected chi connectivity index (χ1v) is 5.84. The van der Waals surface area contributed by atoms with Crippen molar-refractivity contribution in [1.29, 1.82) is 0 Å². The Hall–Kier alpha value is -3.24. The first-order valence-electron chi connectivity index (χ1n) is 5.84. The highest BCUT2D eigenvalue weighted by atomic mass is 16.9. The van der Waals surface area contributed by atoms with Gasteiger partial charge in [0.25, 0.3) is 11.0 Å². The highest BCUT2D eigenvalue weighted by Gasteiger charge is 2.24. The number of hydrogen-bond donors (Lipinski definition) is 1. The van der Waals surface area contributed by atoms with Crippen LogP contribution in [0.25, 0.3) is 0 Å². The van der Waals surface area contributed by atoms with Crippen LogP contribution in [0.15, 0.2) is 18.2 Å². The summed E-state index contributed by atoms with van der Waals surface area (Å²) in [6, 6.07) is 3.54. The molecule has 118 valence electrons. The molecule has 22 heavy (non-hydrogen) atoms. The normalized spacial score (nSPS) is 9.68. The second kappa shape index (κ2) is 7.52. The molecular weight excluding hydrogens is 302 g/mol. The molecule has 0 spiro atoms. The summed E-state index contributed by atoms with van der Waals surface area (Å²) in [5, 5.41) is 22.1. The molecule has 0 aliphatic carbocycles. The lowest BCUT2D eigenvalue weighted by Crippen LogP contribution is -2.28. The van der Waals surface area contributed by atoms with E-state index in [1.807, 2.05) is 0 Å². The van der Waals surface area contributed by atoms with E-state index in [4.69, 9.17) is 4.74 Å². The smallest absolute Gasteiger partial charge is 0.312 e. The Balaban J connectivity index is 2.94. The first kappa shape index (κ1) is 16.8. The fraction of sp³-hybridized carbons (Fsp3) is 0.273. The van der Waals surface area contributed by atoms with Crippen LogP contribution >= 0.6 is 0 Å². The van der Waals surface area contributed by atoms with Crippen molar-refractivity contribution < 1.29 is 29.2 Å². The summed E-state index contributed by atoms with van der Waals surface area (Å²) < 4.78 is 4.72. The van der Waals surface area contributed by atoms with E-state index in [0.29, 0.717) is 0 Å². The van der Waals surface area contributed by atoms with E-state index in [-0.39, 0.29) is 12.1 Å². The SMILES string of the molecule is CC(=O)Oc1c(C(=O)NCCO[N+](=O)[O-])cccc1[N+](=O)[O-]. The summed E-state index contributed by atoms with van der Waals surface area (Å²) in [5.74, 6) is -2.13. The standard InChI is InChI=1S/C11H11N3O8/c1-7(15)22-10-8(3-2-4-9(10)13(17)18)11(16)12-5-6-21-14(19)20/h2-4H,5-6H2,1H3,(H,12,16). The zero-order valence-corrected chi connectivity index (χ0v) is 11.3. The summed E-state index contributed by atoms with van der Waals surface area (Å²) in [4.78, 5) is 47.0. The molecule has 0 aliphatic rings. The number of nitro benzene ring substituents is 1. The van der Waals surface area contributed by atoms with E-state index in [2.05, 4.69) is 10.2 Å². The summed E-state index contributed by atoms with van der Waals surface area (Å²) >= 11 is 0. The second-order valence-corrected chi connectivity index (χ2v) is 3.82. The lowest BCUT2D eigenvalue weighted by molar-refractivity contribution is -0.757. The van der Waals surface area contributed by atoms with Gasteiger partial charge in [0, 0.05) is 19.5 Å². The third-order valence-corrected chi connectivity index (χ3v) is 2.27. The minimum Gasteiger partial charge on any atom is -0.418 e. The Morgan fingerprint density at radius 1 is 1.27 bits per heavy atom. The van der Waals surface area contributed by atoms with Crippen molar-refractivity contribution in [2.75, 3.05) is 13.2 Å². The molecule has 0 saturated carbocycles. The molecule has 1 aromatic rings. The van der Waals surface area contributed by atoms with Gasteiger partial charge in [-0.25, -0.2) is 0 Å². The van der Waals surface area contributed by atoms with Crippen LogP contribution in [0.3, 0.4) is 0 Å². The van der Waals surface area contributed by atoms with Gasteiger partial charge >= 0.3 is 11.7 Å². The van der Waals surface area contributed by atoms with E-state index in [1.54, 1.807) is 0 Å². The van der Waals surface area contributed by atoms with Crippen molar-refractivity contribution in [3.05, 3.63) is 44.0 Å². The highest BCUT2D eigenvalue weighted by Crippen LogP contribution is 2.31. The van der Waals surface area contributed by atoms with Gasteiger partial charge in [-0.05, 0) is 6.07 Å². The molecule has 1 N–H and O–H groups in total. The van der Waals surface area contributed by atoms with Gasteiger partial charge in [-0.2, -0.15) is 0 Å². The van der Waals surface area contributed by atoms with Gasteiger partial charge in [0.2, 0.25) is 5.75 Å². The Morgan fingerprint density at radius 3 is 2.50 bits per heavy atom. The number of esters is 1. The minimum absolute atomic E-state index is 0.206. The van der Waals surface area contributed by atoms with Gasteiger partial charge in [0.1, 0.15) is 6.61 Å². The van der Waals surface area contributed by atoms with Gasteiger partial charge in [-0.3, -0.25) is 19.7 Å². The Kier molecular flexibility index (Phi) is 5.75. The van der Waals surface area contributed by atoms with Crippen LogP contribution in [-0.4, -0.2) is 35.0 Å². The molecule has 0 radical (unpaired) electrons. The number of para-hydroxylation sites is 1. The number of hydrogen-bond acceptors (Lipinski definition) is 8. The monoisotopic (exact) mass is 313 g/mol.